The van der Waals surface area contributed by atoms with Gasteiger partial charge >= 0.3 is 0 Å². The third kappa shape index (κ3) is 2.37. The summed E-state index contributed by atoms with van der Waals surface area (Å²) in [5.74, 6) is 1.40. The van der Waals surface area contributed by atoms with Crippen LogP contribution < -0.4 is 10.6 Å². The fraction of sp³-hybridized carbons (Fsp3) is 0.250. The third-order valence-electron chi connectivity index (χ3n) is 1.79. The number of aryl methyl sites for hydroxylation is 1. The molecule has 0 spiro atoms. The molecule has 0 saturated carbocycles. The van der Waals surface area contributed by atoms with Gasteiger partial charge in [-0.2, -0.15) is 20.1 Å². The molecule has 0 bridgehead atoms. The molecule has 0 aliphatic carbocycles. The van der Waals surface area contributed by atoms with Crippen molar-refractivity contribution in [3.63, 3.8) is 0 Å². The van der Waals surface area contributed by atoms with Gasteiger partial charge < -0.3 is 10.6 Å². The smallest absolute Gasteiger partial charge is 0.234 e. The minimum Gasteiger partial charge on any atom is -0.357 e. The second-order valence-electron chi connectivity index (χ2n) is 3.00. The molecular weight excluding hydrogens is 230 g/mol. The average molecular weight is 240 g/mol. The van der Waals surface area contributed by atoms with Crippen LogP contribution in [0.15, 0.2) is 12.3 Å². The summed E-state index contributed by atoms with van der Waals surface area (Å²) < 4.78 is 1.67. The third-order valence-corrected chi connectivity index (χ3v) is 1.95. The summed E-state index contributed by atoms with van der Waals surface area (Å²) in [5.41, 5.74) is 0. The first-order valence-corrected chi connectivity index (χ1v) is 4.91. The fourth-order valence-electron chi connectivity index (χ4n) is 1.11. The van der Waals surface area contributed by atoms with Gasteiger partial charge in [0.25, 0.3) is 0 Å². The highest BCUT2D eigenvalue weighted by atomic mass is 35.5. The van der Waals surface area contributed by atoms with Crippen molar-refractivity contribution in [1.82, 2.24) is 24.7 Å². The van der Waals surface area contributed by atoms with Gasteiger partial charge in [0.15, 0.2) is 5.82 Å². The van der Waals surface area contributed by atoms with Crippen molar-refractivity contribution < 1.29 is 0 Å². The monoisotopic (exact) mass is 239 g/mol. The Labute approximate surface area is 96.9 Å². The molecule has 2 heterocycles. The summed E-state index contributed by atoms with van der Waals surface area (Å²) in [5, 5.41) is 9.96. The van der Waals surface area contributed by atoms with E-state index in [9.17, 15) is 0 Å². The first kappa shape index (κ1) is 10.6. The molecule has 0 aliphatic rings. The van der Waals surface area contributed by atoms with Crippen LogP contribution in [0.5, 0.6) is 0 Å². The molecule has 2 aromatic rings. The number of halogens is 1. The van der Waals surface area contributed by atoms with Crippen LogP contribution in [0, 0.1) is 0 Å². The molecule has 84 valence electrons. The van der Waals surface area contributed by atoms with Crippen LogP contribution >= 0.6 is 11.6 Å². The topological polar surface area (TPSA) is 80.5 Å². The quantitative estimate of drug-likeness (QED) is 0.833. The fourth-order valence-corrected chi connectivity index (χ4v) is 1.27. The van der Waals surface area contributed by atoms with E-state index in [-0.39, 0.29) is 5.28 Å². The van der Waals surface area contributed by atoms with Crippen molar-refractivity contribution in [2.75, 3.05) is 17.7 Å². The summed E-state index contributed by atoms with van der Waals surface area (Å²) >= 11 is 5.73. The van der Waals surface area contributed by atoms with Gasteiger partial charge in [0.05, 0.1) is 0 Å². The maximum Gasteiger partial charge on any atom is 0.234 e. The molecule has 0 amide bonds. The molecule has 8 heteroatoms. The molecule has 2 N–H and O–H groups in total. The first-order chi connectivity index (χ1) is 7.67. The van der Waals surface area contributed by atoms with Crippen LogP contribution in [0.4, 0.5) is 17.7 Å². The van der Waals surface area contributed by atoms with Gasteiger partial charge in [-0.05, 0) is 11.6 Å². The van der Waals surface area contributed by atoms with E-state index in [1.807, 2.05) is 13.2 Å². The van der Waals surface area contributed by atoms with Crippen LogP contribution in [0.25, 0.3) is 0 Å². The number of nitrogens with zero attached hydrogens (tertiary/aromatic N) is 5. The Kier molecular flexibility index (Phi) is 2.86. The number of hydrogen-bond donors (Lipinski definition) is 2. The molecule has 2 aromatic heterocycles. The first-order valence-electron chi connectivity index (χ1n) is 4.53. The van der Waals surface area contributed by atoms with Gasteiger partial charge in [0.2, 0.25) is 17.2 Å². The van der Waals surface area contributed by atoms with Gasteiger partial charge in [-0.15, -0.1) is 0 Å². The van der Waals surface area contributed by atoms with Gasteiger partial charge in [0.1, 0.15) is 0 Å². The largest absolute Gasteiger partial charge is 0.357 e. The van der Waals surface area contributed by atoms with Crippen molar-refractivity contribution in [3.05, 3.63) is 17.5 Å². The lowest BCUT2D eigenvalue weighted by Crippen LogP contribution is -2.04. The van der Waals surface area contributed by atoms with Crippen LogP contribution in [0.1, 0.15) is 0 Å². The highest BCUT2D eigenvalue weighted by Gasteiger charge is 2.05. The zero-order chi connectivity index (χ0) is 11.5. The maximum atomic E-state index is 5.73. The van der Waals surface area contributed by atoms with Crippen molar-refractivity contribution in [2.45, 2.75) is 0 Å². The average Bonchev–Trinajstić information content (AvgIpc) is 2.63. The maximum absolute atomic E-state index is 5.73. The minimum absolute atomic E-state index is 0.123. The van der Waals surface area contributed by atoms with E-state index in [2.05, 4.69) is 30.7 Å². The Bertz CT molecular complexity index is 495. The summed E-state index contributed by atoms with van der Waals surface area (Å²) in [6, 6.07) is 1.80. The lowest BCUT2D eigenvalue weighted by molar-refractivity contribution is 0.770. The van der Waals surface area contributed by atoms with E-state index in [0.29, 0.717) is 17.7 Å². The standard InChI is InChI=1S/C8H10ClN7/c1-10-7-12-6(9)13-8(14-7)11-5-3-4-16(2)15-5/h3-4H,1-2H3,(H2,10,11,12,13,14,15). The molecule has 0 fully saturated rings. The van der Waals surface area contributed by atoms with Crippen LogP contribution in [-0.4, -0.2) is 31.8 Å². The molecular formula is C8H10ClN7. The molecule has 0 radical (unpaired) electrons. The SMILES string of the molecule is CNc1nc(Cl)nc(Nc2ccn(C)n2)n1. The molecule has 16 heavy (non-hydrogen) atoms. The minimum atomic E-state index is 0.123. The summed E-state index contributed by atoms with van der Waals surface area (Å²) in [4.78, 5) is 11.9. The molecule has 0 unspecified atom stereocenters. The summed E-state index contributed by atoms with van der Waals surface area (Å²) in [7, 11) is 3.53. The van der Waals surface area contributed by atoms with E-state index in [4.69, 9.17) is 11.6 Å². The number of aromatic nitrogens is 5. The highest BCUT2D eigenvalue weighted by Crippen LogP contribution is 2.13. The van der Waals surface area contributed by atoms with Crippen LogP contribution in [0.2, 0.25) is 5.28 Å². The van der Waals surface area contributed by atoms with E-state index < -0.39 is 0 Å². The van der Waals surface area contributed by atoms with Gasteiger partial charge in [-0.25, -0.2) is 0 Å². The molecule has 0 aromatic carbocycles. The van der Waals surface area contributed by atoms with Crippen molar-refractivity contribution in [3.8, 4) is 0 Å². The molecule has 0 atom stereocenters. The second-order valence-corrected chi connectivity index (χ2v) is 3.34. The molecule has 0 saturated heterocycles. The normalized spacial score (nSPS) is 10.2. The zero-order valence-corrected chi connectivity index (χ0v) is 9.52. The van der Waals surface area contributed by atoms with E-state index >= 15 is 0 Å². The van der Waals surface area contributed by atoms with Crippen LogP contribution in [0.3, 0.4) is 0 Å². The number of anilines is 3. The number of rotatable bonds is 3. The molecule has 2 rings (SSSR count). The highest BCUT2D eigenvalue weighted by molar-refractivity contribution is 6.28. The Hall–Kier alpha value is -1.89. The zero-order valence-electron chi connectivity index (χ0n) is 8.77. The van der Waals surface area contributed by atoms with Gasteiger partial charge in [-0.1, -0.05) is 0 Å². The van der Waals surface area contributed by atoms with Crippen molar-refractivity contribution >= 4 is 29.3 Å². The molecule has 7 nitrogen and oxygen atoms in total. The number of nitrogens with one attached hydrogen (secondary N) is 2. The number of hydrogen-bond acceptors (Lipinski definition) is 6. The molecule has 0 aliphatic heterocycles. The summed E-state index contributed by atoms with van der Waals surface area (Å²) in [6.45, 7) is 0. The van der Waals surface area contributed by atoms with E-state index in [1.165, 1.54) is 0 Å². The van der Waals surface area contributed by atoms with Gasteiger partial charge in [0, 0.05) is 26.4 Å². The van der Waals surface area contributed by atoms with Crippen molar-refractivity contribution in [2.24, 2.45) is 7.05 Å². The van der Waals surface area contributed by atoms with Gasteiger partial charge in [-0.3, -0.25) is 4.68 Å². The Morgan fingerprint density at radius 3 is 2.62 bits per heavy atom. The Morgan fingerprint density at radius 1 is 1.25 bits per heavy atom. The Balaban J connectivity index is 2.24. The van der Waals surface area contributed by atoms with Crippen LogP contribution in [-0.2, 0) is 7.05 Å². The second kappa shape index (κ2) is 4.31. The lowest BCUT2D eigenvalue weighted by Gasteiger charge is -2.03. The van der Waals surface area contributed by atoms with Crippen molar-refractivity contribution in [1.29, 1.82) is 0 Å². The lowest BCUT2D eigenvalue weighted by atomic mass is 10.6. The predicted molar refractivity (Wildman–Crippen MR) is 60.9 cm³/mol. The van der Waals surface area contributed by atoms with E-state index in [1.54, 1.807) is 17.8 Å². The summed E-state index contributed by atoms with van der Waals surface area (Å²) in [6.07, 6.45) is 1.81. The predicted octanol–water partition coefficient (Wildman–Crippen LogP) is 1.04. The van der Waals surface area contributed by atoms with E-state index in [0.717, 1.165) is 0 Å². The Morgan fingerprint density at radius 2 is 2.00 bits per heavy atom.